The van der Waals surface area contributed by atoms with Gasteiger partial charge in [0.15, 0.2) is 0 Å². The Morgan fingerprint density at radius 3 is 1.25 bits per heavy atom. The second-order valence-electron chi connectivity index (χ2n) is 0. The van der Waals surface area contributed by atoms with Gasteiger partial charge in [-0.3, -0.25) is 0 Å². The zero-order valence-electron chi connectivity index (χ0n) is 2.26. The van der Waals surface area contributed by atoms with Crippen LogP contribution in [-0.2, 0) is 45.6 Å². The van der Waals surface area contributed by atoms with Gasteiger partial charge in [-0.05, 0) is 11.0 Å². The second-order valence-corrected chi connectivity index (χ2v) is 0. The zero-order chi connectivity index (χ0) is 2.00. The van der Waals surface area contributed by atoms with Crippen molar-refractivity contribution < 1.29 is 45.6 Å². The topological polar surface area (TPSA) is 17.1 Å². The smallest absolute Gasteiger partial charge is 0 e. The van der Waals surface area contributed by atoms with Crippen LogP contribution in [0.25, 0.3) is 0 Å². The third-order valence-corrected chi connectivity index (χ3v) is 0. The molecule has 0 heterocycles. The molecule has 0 aliphatic heterocycles. The first-order valence-corrected chi connectivity index (χ1v) is 1.36. The van der Waals surface area contributed by atoms with Crippen LogP contribution in [0.2, 0.25) is 0 Å². The van der Waals surface area contributed by atoms with Crippen molar-refractivity contribution in [2.45, 2.75) is 0 Å². The van der Waals surface area contributed by atoms with Crippen LogP contribution in [0.1, 0.15) is 0 Å². The quantitative estimate of drug-likeness (QED) is 0.453. The monoisotopic (exact) mass is 412 g/mol. The number of hydrogen-bond acceptors (Lipinski definition) is 1. The van der Waals surface area contributed by atoms with E-state index in [9.17, 15) is 0 Å². The summed E-state index contributed by atoms with van der Waals surface area (Å²) in [6.45, 7) is 0. The van der Waals surface area contributed by atoms with E-state index in [2.05, 4.69) is 0 Å². The Hall–Kier alpha value is 1.45. The molecule has 0 fully saturated rings. The first kappa shape index (κ1) is 18.0. The largest absolute Gasteiger partial charge is 0.0125 e. The zero-order valence-corrected chi connectivity index (χ0v) is 10.4. The minimum Gasteiger partial charge on any atom is -0.0125 e. The molecule has 0 aromatic heterocycles. The second kappa shape index (κ2) is 25.3. The van der Waals surface area contributed by atoms with Crippen LogP contribution in [0, 0.1) is 0 Å². The molecule has 24 valence electrons. The minimum atomic E-state index is 0. The summed E-state index contributed by atoms with van der Waals surface area (Å²) in [6, 6.07) is 0. The van der Waals surface area contributed by atoms with E-state index >= 15 is 0 Å². The van der Waals surface area contributed by atoms with Crippen LogP contribution in [0.4, 0.5) is 0 Å². The predicted molar refractivity (Wildman–Crippen MR) is 10.6 cm³/mol. The van der Waals surface area contributed by atoms with Crippen molar-refractivity contribution >= 4 is 11.0 Å². The maximum absolute atomic E-state index is 8.33. The van der Waals surface area contributed by atoms with Crippen molar-refractivity contribution in [3.63, 3.8) is 0 Å². The molecule has 0 spiro atoms. The average Bonchev–Trinajstić information content (AvgIpc) is 1.00. The van der Waals surface area contributed by atoms with E-state index in [1.165, 1.54) is 0 Å². The summed E-state index contributed by atoms with van der Waals surface area (Å²) in [7, 11) is 0. The molecule has 4 heavy (non-hydrogen) atoms. The van der Waals surface area contributed by atoms with Gasteiger partial charge in [-0.1, -0.05) is 0 Å². The Labute approximate surface area is 56.3 Å². The normalized spacial score (nSPS) is 1.00. The molecule has 0 aliphatic rings. The Balaban J connectivity index is -0.00000000500. The van der Waals surface area contributed by atoms with Crippen LogP contribution in [0.15, 0.2) is 0 Å². The molecular formula is H3OSiTaW. The molecule has 1 nitrogen and oxygen atoms in total. The van der Waals surface area contributed by atoms with Crippen LogP contribution in [0.5, 0.6) is 0 Å². The van der Waals surface area contributed by atoms with E-state index in [1.807, 2.05) is 0 Å². The molecule has 0 aliphatic carbocycles. The predicted octanol–water partition coefficient (Wildman–Crippen LogP) is -1.31. The van der Waals surface area contributed by atoms with Gasteiger partial charge in [0, 0.05) is 22.4 Å². The maximum Gasteiger partial charge on any atom is 0 e. The van der Waals surface area contributed by atoms with Gasteiger partial charge in [-0.25, -0.2) is 0 Å². The van der Waals surface area contributed by atoms with E-state index in [-0.39, 0.29) is 33.3 Å². The van der Waals surface area contributed by atoms with Crippen molar-refractivity contribution in [3.05, 3.63) is 0 Å². The third kappa shape index (κ3) is 9.86. The molecular weight excluding hydrogens is 409 g/mol. The Bertz CT molecular complexity index is 8.00. The molecule has 0 saturated heterocycles. The molecule has 0 rings (SSSR count). The Morgan fingerprint density at radius 2 is 1.25 bits per heavy atom. The van der Waals surface area contributed by atoms with E-state index in [4.69, 9.17) is 3.40 Å². The molecule has 0 amide bonds. The fourth-order valence-corrected chi connectivity index (χ4v) is 0. The van der Waals surface area contributed by atoms with Gasteiger partial charge in [-0.2, -0.15) is 0 Å². The summed E-state index contributed by atoms with van der Waals surface area (Å²) in [4.78, 5) is 0. The molecule has 0 atom stereocenters. The van der Waals surface area contributed by atoms with Crippen LogP contribution in [0.3, 0.4) is 0 Å². The van der Waals surface area contributed by atoms with Gasteiger partial charge >= 0.3 is 23.2 Å². The van der Waals surface area contributed by atoms with Gasteiger partial charge < -0.3 is 0 Å². The van der Waals surface area contributed by atoms with E-state index < -0.39 is 0 Å². The molecule has 0 N–H and O–H groups in total. The van der Waals surface area contributed by atoms with Crippen molar-refractivity contribution in [2.75, 3.05) is 0 Å². The summed E-state index contributed by atoms with van der Waals surface area (Å²) in [6.07, 6.45) is 0. The SMILES string of the molecule is [O]=[W].[SiH3].[Ta]. The summed E-state index contributed by atoms with van der Waals surface area (Å²) in [5.74, 6) is 0. The first-order chi connectivity index (χ1) is 1.00. The molecule has 0 aromatic rings. The number of hydrogen-bond donors (Lipinski definition) is 0. The Kier molecular flexibility index (Phi) is 114. The first-order valence-electron chi connectivity index (χ1n) is 0.167. The van der Waals surface area contributed by atoms with Crippen molar-refractivity contribution in [2.24, 2.45) is 0 Å². The van der Waals surface area contributed by atoms with Gasteiger partial charge in [-0.15, -0.1) is 0 Å². The Morgan fingerprint density at radius 1 is 1.25 bits per heavy atom. The van der Waals surface area contributed by atoms with Crippen LogP contribution < -0.4 is 0 Å². The van der Waals surface area contributed by atoms with Crippen LogP contribution >= 0.6 is 0 Å². The summed E-state index contributed by atoms with van der Waals surface area (Å²) >= 11 is 0.333. The molecule has 0 aromatic carbocycles. The molecule has 0 unspecified atom stereocenters. The van der Waals surface area contributed by atoms with Gasteiger partial charge in [0.2, 0.25) is 0 Å². The van der Waals surface area contributed by atoms with E-state index in [0.29, 0.717) is 19.8 Å². The number of rotatable bonds is 0. The van der Waals surface area contributed by atoms with Crippen molar-refractivity contribution in [1.82, 2.24) is 0 Å². The van der Waals surface area contributed by atoms with Gasteiger partial charge in [0.25, 0.3) is 0 Å². The van der Waals surface area contributed by atoms with E-state index in [1.54, 1.807) is 0 Å². The minimum absolute atomic E-state index is 0. The summed E-state index contributed by atoms with van der Waals surface area (Å²) in [5.41, 5.74) is 0. The maximum atomic E-state index is 8.33. The fourth-order valence-electron chi connectivity index (χ4n) is 0. The van der Waals surface area contributed by atoms with Crippen molar-refractivity contribution in [3.8, 4) is 0 Å². The molecule has 2 radical (unpaired) electrons. The van der Waals surface area contributed by atoms with E-state index in [0.717, 1.165) is 0 Å². The standard InChI is InChI=1S/O.H3Si.Ta.W/h;1H3;;. The van der Waals surface area contributed by atoms with Gasteiger partial charge in [0.1, 0.15) is 0 Å². The third-order valence-electron chi connectivity index (χ3n) is 0. The van der Waals surface area contributed by atoms with Crippen LogP contribution in [-0.4, -0.2) is 11.0 Å². The fraction of sp³-hybridized carbons (Fsp3) is 0. The van der Waals surface area contributed by atoms with Gasteiger partial charge in [0.05, 0.1) is 0 Å². The van der Waals surface area contributed by atoms with Crippen molar-refractivity contribution in [1.29, 1.82) is 0 Å². The average molecular weight is 412 g/mol. The summed E-state index contributed by atoms with van der Waals surface area (Å²) < 4.78 is 8.33. The molecule has 0 saturated carbocycles. The molecule has 4 heteroatoms. The molecule has 0 bridgehead atoms. The summed E-state index contributed by atoms with van der Waals surface area (Å²) in [5, 5.41) is 0.